The highest BCUT2D eigenvalue weighted by atomic mass is 28.2. The van der Waals surface area contributed by atoms with Gasteiger partial charge in [-0.15, -0.1) is 0 Å². The van der Waals surface area contributed by atoms with E-state index in [4.69, 9.17) is 0 Å². The van der Waals surface area contributed by atoms with Crippen LogP contribution in [0, 0.1) is 0 Å². The maximum Gasteiger partial charge on any atom is 0.115 e. The molecule has 0 fully saturated rings. The molecule has 0 amide bonds. The monoisotopic (exact) mass is 174 g/mol. The van der Waals surface area contributed by atoms with Crippen molar-refractivity contribution in [3.63, 3.8) is 0 Å². The lowest BCUT2D eigenvalue weighted by atomic mass is 10.4. The quantitative estimate of drug-likeness (QED) is 0.617. The van der Waals surface area contributed by atoms with Crippen LogP contribution in [0.2, 0.25) is 0 Å². The second-order valence-electron chi connectivity index (χ2n) is 2.66. The smallest absolute Gasteiger partial charge is 0.0924 e. The van der Waals surface area contributed by atoms with E-state index < -0.39 is 0 Å². The van der Waals surface area contributed by atoms with Crippen molar-refractivity contribution in [3.8, 4) is 0 Å². The molecule has 0 unspecified atom stereocenters. The summed E-state index contributed by atoms with van der Waals surface area (Å²) >= 11 is 0. The van der Waals surface area contributed by atoms with Crippen molar-refractivity contribution >= 4 is 14.7 Å². The van der Waals surface area contributed by atoms with Crippen LogP contribution in [0.1, 0.15) is 20.3 Å². The maximum atomic E-state index is 2.23. The molecule has 0 bridgehead atoms. The second kappa shape index (κ2) is 4.94. The van der Waals surface area contributed by atoms with E-state index >= 15 is 0 Å². The molecule has 0 N–H and O–H groups in total. The van der Waals surface area contributed by atoms with Gasteiger partial charge < -0.3 is 0 Å². The molecule has 0 aliphatic heterocycles. The summed E-state index contributed by atoms with van der Waals surface area (Å²) in [6.45, 7) is 4.33. The third kappa shape index (κ3) is 2.66. The Balaban J connectivity index is 2.64. The van der Waals surface area contributed by atoms with Crippen LogP contribution < -0.4 is 5.19 Å². The van der Waals surface area contributed by atoms with E-state index in [0.717, 1.165) is 9.52 Å². The fourth-order valence-electron chi connectivity index (χ4n) is 1.07. The van der Waals surface area contributed by atoms with Gasteiger partial charge in [-0.3, -0.25) is 0 Å². The molecular weight excluding hydrogens is 160 g/mol. The standard InChI is InChI=1S/C11H14Si/c1-3-10(4-2)12-11-8-6-5-7-9-11/h3,5-9H,4H2,1-2H3/b10-3+. The summed E-state index contributed by atoms with van der Waals surface area (Å²) in [4.78, 5) is 0. The van der Waals surface area contributed by atoms with E-state index in [9.17, 15) is 0 Å². The van der Waals surface area contributed by atoms with Gasteiger partial charge in [0.25, 0.3) is 0 Å². The number of hydrogen-bond acceptors (Lipinski definition) is 0. The van der Waals surface area contributed by atoms with E-state index in [2.05, 4.69) is 50.3 Å². The van der Waals surface area contributed by atoms with E-state index in [1.165, 1.54) is 11.6 Å². The first-order chi connectivity index (χ1) is 5.86. The van der Waals surface area contributed by atoms with E-state index in [1.54, 1.807) is 5.20 Å². The molecule has 0 saturated carbocycles. The predicted octanol–water partition coefficient (Wildman–Crippen LogP) is 2.33. The summed E-state index contributed by atoms with van der Waals surface area (Å²) in [6, 6.07) is 10.7. The van der Waals surface area contributed by atoms with Crippen molar-refractivity contribution in [1.82, 2.24) is 0 Å². The van der Waals surface area contributed by atoms with Crippen molar-refractivity contribution in [2.45, 2.75) is 20.3 Å². The van der Waals surface area contributed by atoms with Gasteiger partial charge in [0.05, 0.1) is 0 Å². The molecule has 0 saturated heterocycles. The SMILES string of the molecule is C/C=C(\CC)[Si]c1ccccc1. The lowest BCUT2D eigenvalue weighted by molar-refractivity contribution is 1.18. The number of rotatable bonds is 3. The highest BCUT2D eigenvalue weighted by Crippen LogP contribution is 1.97. The molecule has 0 heterocycles. The average Bonchev–Trinajstić information content (AvgIpc) is 2.16. The van der Waals surface area contributed by atoms with Gasteiger partial charge in [0, 0.05) is 0 Å². The first kappa shape index (κ1) is 9.27. The van der Waals surface area contributed by atoms with E-state index in [-0.39, 0.29) is 0 Å². The summed E-state index contributed by atoms with van der Waals surface area (Å²) in [7, 11) is 0.857. The molecule has 1 rings (SSSR count). The molecule has 2 radical (unpaired) electrons. The molecule has 1 aromatic rings. The van der Waals surface area contributed by atoms with Crippen LogP contribution in [0.3, 0.4) is 0 Å². The number of benzene rings is 1. The summed E-state index contributed by atoms with van der Waals surface area (Å²) in [5.74, 6) is 0. The average molecular weight is 174 g/mol. The Morgan fingerprint density at radius 2 is 2.00 bits per heavy atom. The fourth-order valence-corrected chi connectivity index (χ4v) is 2.12. The topological polar surface area (TPSA) is 0 Å². The summed E-state index contributed by atoms with van der Waals surface area (Å²) in [6.07, 6.45) is 3.40. The molecule has 62 valence electrons. The van der Waals surface area contributed by atoms with Gasteiger partial charge in [0.1, 0.15) is 9.52 Å². The zero-order chi connectivity index (χ0) is 8.81. The van der Waals surface area contributed by atoms with Gasteiger partial charge in [0.15, 0.2) is 0 Å². The molecule has 12 heavy (non-hydrogen) atoms. The molecule has 0 atom stereocenters. The van der Waals surface area contributed by atoms with Crippen LogP contribution in [-0.4, -0.2) is 9.52 Å². The van der Waals surface area contributed by atoms with Crippen molar-refractivity contribution in [1.29, 1.82) is 0 Å². The zero-order valence-electron chi connectivity index (χ0n) is 7.67. The molecule has 0 aliphatic rings. The Bertz CT molecular complexity index is 249. The Morgan fingerprint density at radius 3 is 2.50 bits per heavy atom. The molecule has 0 spiro atoms. The minimum Gasteiger partial charge on any atom is -0.0924 e. The fraction of sp³-hybridized carbons (Fsp3) is 0.273. The molecule has 1 heteroatoms. The lowest BCUT2D eigenvalue weighted by Gasteiger charge is -2.01. The Labute approximate surface area is 77.1 Å². The van der Waals surface area contributed by atoms with Crippen LogP contribution in [0.15, 0.2) is 41.6 Å². The lowest BCUT2D eigenvalue weighted by Crippen LogP contribution is -2.15. The van der Waals surface area contributed by atoms with Crippen LogP contribution in [0.5, 0.6) is 0 Å². The first-order valence-corrected chi connectivity index (χ1v) is 5.34. The van der Waals surface area contributed by atoms with Crippen molar-refractivity contribution < 1.29 is 0 Å². The maximum absolute atomic E-state index is 2.23. The van der Waals surface area contributed by atoms with Crippen molar-refractivity contribution in [2.75, 3.05) is 0 Å². The number of hydrogen-bond donors (Lipinski definition) is 0. The van der Waals surface area contributed by atoms with E-state index in [1.807, 2.05) is 0 Å². The van der Waals surface area contributed by atoms with Crippen molar-refractivity contribution in [2.24, 2.45) is 0 Å². The van der Waals surface area contributed by atoms with Gasteiger partial charge in [0.2, 0.25) is 0 Å². The minimum absolute atomic E-state index is 0.857. The predicted molar refractivity (Wildman–Crippen MR) is 55.9 cm³/mol. The minimum atomic E-state index is 0.857. The van der Waals surface area contributed by atoms with E-state index in [0.29, 0.717) is 0 Å². The summed E-state index contributed by atoms with van der Waals surface area (Å²) in [5, 5.41) is 2.98. The van der Waals surface area contributed by atoms with Gasteiger partial charge in [-0.2, -0.15) is 0 Å². The highest BCUT2D eigenvalue weighted by Gasteiger charge is 1.96. The Hall–Kier alpha value is -0.823. The Morgan fingerprint density at radius 1 is 1.33 bits per heavy atom. The Kier molecular flexibility index (Phi) is 3.81. The molecule has 0 aliphatic carbocycles. The van der Waals surface area contributed by atoms with Crippen LogP contribution in [0.4, 0.5) is 0 Å². The second-order valence-corrected chi connectivity index (χ2v) is 4.13. The normalized spacial score (nSPS) is 11.7. The van der Waals surface area contributed by atoms with Gasteiger partial charge in [-0.25, -0.2) is 0 Å². The van der Waals surface area contributed by atoms with Crippen LogP contribution in [-0.2, 0) is 0 Å². The number of allylic oxidation sites excluding steroid dienone is 2. The van der Waals surface area contributed by atoms with Gasteiger partial charge in [-0.05, 0) is 13.3 Å². The largest absolute Gasteiger partial charge is 0.115 e. The summed E-state index contributed by atoms with van der Waals surface area (Å²) in [5.41, 5.74) is 0. The highest BCUT2D eigenvalue weighted by molar-refractivity contribution is 6.60. The van der Waals surface area contributed by atoms with Crippen LogP contribution in [0.25, 0.3) is 0 Å². The molecule has 0 nitrogen and oxygen atoms in total. The zero-order valence-corrected chi connectivity index (χ0v) is 8.67. The molecular formula is C11H14Si. The van der Waals surface area contributed by atoms with Crippen LogP contribution >= 0.6 is 0 Å². The first-order valence-electron chi connectivity index (χ1n) is 4.34. The van der Waals surface area contributed by atoms with Crippen molar-refractivity contribution in [3.05, 3.63) is 41.6 Å². The third-order valence-electron chi connectivity index (χ3n) is 1.81. The summed E-state index contributed by atoms with van der Waals surface area (Å²) < 4.78 is 0. The molecule has 0 aromatic heterocycles. The third-order valence-corrected chi connectivity index (χ3v) is 3.39. The van der Waals surface area contributed by atoms with Gasteiger partial charge >= 0.3 is 0 Å². The van der Waals surface area contributed by atoms with Gasteiger partial charge in [-0.1, -0.05) is 53.7 Å². The molecule has 1 aromatic carbocycles.